The van der Waals surface area contributed by atoms with Gasteiger partial charge in [-0.1, -0.05) is 194 Å². The van der Waals surface area contributed by atoms with Crippen LogP contribution in [-0.4, -0.2) is 24.0 Å². The van der Waals surface area contributed by atoms with Crippen molar-refractivity contribution in [2.24, 2.45) is 0 Å². The predicted octanol–water partition coefficient (Wildman–Crippen LogP) is 12.3. The van der Waals surface area contributed by atoms with Gasteiger partial charge in [0, 0.05) is 6.42 Å². The first-order valence-corrected chi connectivity index (χ1v) is 18.0. The first-order chi connectivity index (χ1) is 22.4. The topological polar surface area (TPSA) is 29.5 Å². The van der Waals surface area contributed by atoms with Crippen molar-refractivity contribution in [3.63, 3.8) is 0 Å². The number of aliphatic hydroxyl groups is 1. The largest absolute Gasteiger partial charge is 0.391 e. The second kappa shape index (κ2) is 22.0. The number of benzene rings is 3. The van der Waals surface area contributed by atoms with Gasteiger partial charge < -0.3 is 9.84 Å². The van der Waals surface area contributed by atoms with Gasteiger partial charge in [0.05, 0.1) is 12.7 Å². The molecule has 0 aliphatic heterocycles. The molecular weight excluding hydrogens is 581 g/mol. The van der Waals surface area contributed by atoms with Gasteiger partial charge in [-0.2, -0.15) is 13.2 Å². The minimum atomic E-state index is -3.99. The summed E-state index contributed by atoms with van der Waals surface area (Å²) in [6.07, 6.45) is 14.6. The Morgan fingerprint density at radius 2 is 0.761 bits per heavy atom. The molecule has 0 heterocycles. The summed E-state index contributed by atoms with van der Waals surface area (Å²) in [6, 6.07) is 30.9. The quantitative estimate of drug-likeness (QED) is 0.0739. The lowest BCUT2D eigenvalue weighted by atomic mass is 9.80. The molecular formula is C41H57F3O2. The normalized spacial score (nSPS) is 12.8. The average Bonchev–Trinajstić information content (AvgIpc) is 3.07. The van der Waals surface area contributed by atoms with E-state index in [2.05, 4.69) is 36.4 Å². The summed E-state index contributed by atoms with van der Waals surface area (Å²) in [5.41, 5.74) is 2.35. The molecule has 0 radical (unpaired) electrons. The van der Waals surface area contributed by atoms with Crippen LogP contribution in [-0.2, 0) is 10.3 Å². The van der Waals surface area contributed by atoms with Gasteiger partial charge in [0.2, 0.25) is 0 Å². The third-order valence-corrected chi connectivity index (χ3v) is 9.03. The van der Waals surface area contributed by atoms with Crippen LogP contribution in [0.4, 0.5) is 13.2 Å². The Morgan fingerprint density at radius 1 is 0.457 bits per heavy atom. The van der Waals surface area contributed by atoms with E-state index >= 15 is 0 Å². The number of halogens is 3. The fraction of sp³-hybridized carbons (Fsp3) is 0.561. The summed E-state index contributed by atoms with van der Waals surface area (Å²) in [6.45, 7) is 0.268. The Hall–Kier alpha value is -2.63. The maximum atomic E-state index is 12.1. The van der Waals surface area contributed by atoms with Crippen molar-refractivity contribution in [1.29, 1.82) is 0 Å². The zero-order valence-electron chi connectivity index (χ0n) is 27.9. The van der Waals surface area contributed by atoms with Crippen molar-refractivity contribution >= 4 is 0 Å². The van der Waals surface area contributed by atoms with Crippen LogP contribution in [0.3, 0.4) is 0 Å². The summed E-state index contributed by atoms with van der Waals surface area (Å²) < 4.78 is 43.2. The fourth-order valence-corrected chi connectivity index (χ4v) is 6.43. The van der Waals surface area contributed by atoms with Crippen molar-refractivity contribution < 1.29 is 23.0 Å². The number of unbranched alkanes of at least 4 members (excludes halogenated alkanes) is 16. The molecule has 3 rings (SSSR count). The lowest BCUT2D eigenvalue weighted by Gasteiger charge is -2.36. The molecule has 254 valence electrons. The third-order valence-electron chi connectivity index (χ3n) is 9.03. The molecule has 5 heteroatoms. The Kier molecular flexibility index (Phi) is 18.1. The summed E-state index contributed by atoms with van der Waals surface area (Å²) in [7, 11) is 0. The molecule has 46 heavy (non-hydrogen) atoms. The Morgan fingerprint density at radius 3 is 1.09 bits per heavy atom. The molecule has 1 atom stereocenters. The zero-order chi connectivity index (χ0) is 32.8. The molecule has 0 saturated carbocycles. The van der Waals surface area contributed by atoms with E-state index < -0.39 is 24.3 Å². The second-order valence-corrected chi connectivity index (χ2v) is 12.9. The van der Waals surface area contributed by atoms with Gasteiger partial charge in [0.1, 0.15) is 5.60 Å². The maximum Gasteiger partial charge on any atom is 0.389 e. The molecule has 0 amide bonds. The number of ether oxygens (including phenoxy) is 1. The van der Waals surface area contributed by atoms with Crippen LogP contribution < -0.4 is 0 Å². The van der Waals surface area contributed by atoms with Gasteiger partial charge in [-0.15, -0.1) is 0 Å². The number of hydrogen-bond donors (Lipinski definition) is 1. The van der Waals surface area contributed by atoms with Crippen LogP contribution in [0.1, 0.15) is 139 Å². The Balaban J connectivity index is 1.24. The molecule has 3 aromatic carbocycles. The number of hydrogen-bond acceptors (Lipinski definition) is 2. The highest BCUT2D eigenvalue weighted by Crippen LogP contribution is 2.40. The van der Waals surface area contributed by atoms with Crippen molar-refractivity contribution in [2.75, 3.05) is 6.61 Å². The predicted molar refractivity (Wildman–Crippen MR) is 185 cm³/mol. The highest BCUT2D eigenvalue weighted by molar-refractivity contribution is 5.47. The monoisotopic (exact) mass is 638 g/mol. The van der Waals surface area contributed by atoms with E-state index in [-0.39, 0.29) is 13.0 Å². The smallest absolute Gasteiger partial charge is 0.389 e. The molecule has 0 fully saturated rings. The van der Waals surface area contributed by atoms with E-state index in [1.807, 2.05) is 54.6 Å². The molecule has 3 aromatic rings. The SMILES string of the molecule is O[C@H](CCCCCCCCCCCCCCCCCCCC(F)(F)F)COC(c1ccccc1)(c1ccccc1)c1ccccc1. The van der Waals surface area contributed by atoms with Crippen LogP contribution in [0.2, 0.25) is 0 Å². The van der Waals surface area contributed by atoms with Crippen LogP contribution in [0.15, 0.2) is 91.0 Å². The molecule has 0 bridgehead atoms. The second-order valence-electron chi connectivity index (χ2n) is 12.9. The molecule has 0 saturated heterocycles. The van der Waals surface area contributed by atoms with E-state index in [1.54, 1.807) is 0 Å². The third kappa shape index (κ3) is 14.4. The maximum absolute atomic E-state index is 12.1. The molecule has 1 N–H and O–H groups in total. The van der Waals surface area contributed by atoms with Crippen molar-refractivity contribution in [3.8, 4) is 0 Å². The van der Waals surface area contributed by atoms with E-state index in [1.165, 1.54) is 64.2 Å². The Labute approximate surface area is 276 Å². The highest BCUT2D eigenvalue weighted by Gasteiger charge is 2.38. The van der Waals surface area contributed by atoms with Gasteiger partial charge in [0.15, 0.2) is 0 Å². The molecule has 0 aliphatic carbocycles. The molecule has 0 aromatic heterocycles. The standard InChI is InChI=1S/C41H57F3O2/c42-40(43,44)34-26-15-13-11-9-7-5-3-1-2-4-6-8-10-12-14-25-33-39(45)35-46-41(36-27-19-16-20-28-36,37-29-21-17-22-30-37)38-31-23-18-24-32-38/h16-24,27-32,39,45H,1-15,25-26,33-35H2/t39-/m1/s1. The minimum Gasteiger partial charge on any atom is -0.391 e. The van der Waals surface area contributed by atoms with Crippen LogP contribution >= 0.6 is 0 Å². The van der Waals surface area contributed by atoms with Gasteiger partial charge in [-0.3, -0.25) is 0 Å². The van der Waals surface area contributed by atoms with Crippen molar-refractivity contribution in [2.45, 2.75) is 140 Å². The summed E-state index contributed by atoms with van der Waals surface area (Å²) in [4.78, 5) is 0. The molecule has 0 spiro atoms. The van der Waals surface area contributed by atoms with E-state index in [0.717, 1.165) is 55.2 Å². The van der Waals surface area contributed by atoms with Gasteiger partial charge >= 0.3 is 6.18 Å². The highest BCUT2D eigenvalue weighted by atomic mass is 19.4. The van der Waals surface area contributed by atoms with Crippen molar-refractivity contribution in [3.05, 3.63) is 108 Å². The van der Waals surface area contributed by atoms with Crippen LogP contribution in [0.25, 0.3) is 0 Å². The van der Waals surface area contributed by atoms with Gasteiger partial charge in [0.25, 0.3) is 0 Å². The summed E-state index contributed by atoms with van der Waals surface area (Å²) in [5, 5.41) is 11.0. The Bertz CT molecular complexity index is 1040. The number of aliphatic hydroxyl groups excluding tert-OH is 1. The summed E-state index contributed by atoms with van der Waals surface area (Å²) >= 11 is 0. The minimum absolute atomic E-state index is 0.268. The average molecular weight is 639 g/mol. The van der Waals surface area contributed by atoms with E-state index in [9.17, 15) is 18.3 Å². The first kappa shape index (κ1) is 37.8. The summed E-state index contributed by atoms with van der Waals surface area (Å²) in [5.74, 6) is 0. The van der Waals surface area contributed by atoms with Crippen LogP contribution in [0, 0.1) is 0 Å². The molecule has 0 aliphatic rings. The van der Waals surface area contributed by atoms with Gasteiger partial charge in [-0.05, 0) is 29.5 Å². The van der Waals surface area contributed by atoms with E-state index in [0.29, 0.717) is 6.42 Å². The van der Waals surface area contributed by atoms with Gasteiger partial charge in [-0.25, -0.2) is 0 Å². The van der Waals surface area contributed by atoms with Crippen LogP contribution in [0.5, 0.6) is 0 Å². The van der Waals surface area contributed by atoms with E-state index in [4.69, 9.17) is 4.74 Å². The van der Waals surface area contributed by atoms with Crippen molar-refractivity contribution in [1.82, 2.24) is 0 Å². The number of alkyl halides is 3. The molecule has 0 unspecified atom stereocenters. The molecule has 2 nitrogen and oxygen atoms in total. The number of rotatable bonds is 25. The fourth-order valence-electron chi connectivity index (χ4n) is 6.43. The lowest BCUT2D eigenvalue weighted by Crippen LogP contribution is -2.35. The first-order valence-electron chi connectivity index (χ1n) is 18.0. The zero-order valence-corrected chi connectivity index (χ0v) is 27.9. The lowest BCUT2D eigenvalue weighted by molar-refractivity contribution is -0.135.